The number of benzene rings is 1. The van der Waals surface area contributed by atoms with Crippen molar-refractivity contribution in [2.45, 2.75) is 26.2 Å². The molecule has 3 nitrogen and oxygen atoms in total. The summed E-state index contributed by atoms with van der Waals surface area (Å²) in [5.41, 5.74) is 0.719. The van der Waals surface area contributed by atoms with Crippen molar-refractivity contribution in [3.05, 3.63) is 35.4 Å². The zero-order valence-electron chi connectivity index (χ0n) is 9.44. The van der Waals surface area contributed by atoms with E-state index < -0.39 is 5.97 Å². The molecule has 0 aliphatic carbocycles. The number of carbonyl (C=O) groups excluding carboxylic acids is 2. The summed E-state index contributed by atoms with van der Waals surface area (Å²) >= 11 is 0. The summed E-state index contributed by atoms with van der Waals surface area (Å²) in [4.78, 5) is 22.3. The SMILES string of the molecule is CCCCCOC(=O)c1ccccc1C=O. The Labute approximate surface area is 95.4 Å². The van der Waals surface area contributed by atoms with E-state index in [9.17, 15) is 9.59 Å². The van der Waals surface area contributed by atoms with Crippen LogP contribution in [0.2, 0.25) is 0 Å². The van der Waals surface area contributed by atoms with Gasteiger partial charge in [0.25, 0.3) is 0 Å². The average Bonchev–Trinajstić information content (AvgIpc) is 2.34. The molecule has 0 heterocycles. The van der Waals surface area contributed by atoms with Crippen LogP contribution in [-0.2, 0) is 4.74 Å². The topological polar surface area (TPSA) is 43.4 Å². The molecule has 0 N–H and O–H groups in total. The van der Waals surface area contributed by atoms with Crippen molar-refractivity contribution in [3.8, 4) is 0 Å². The maximum Gasteiger partial charge on any atom is 0.338 e. The van der Waals surface area contributed by atoms with E-state index in [0.717, 1.165) is 19.3 Å². The van der Waals surface area contributed by atoms with E-state index in [-0.39, 0.29) is 0 Å². The van der Waals surface area contributed by atoms with Gasteiger partial charge in [-0.25, -0.2) is 4.79 Å². The van der Waals surface area contributed by atoms with Gasteiger partial charge in [0.2, 0.25) is 0 Å². The van der Waals surface area contributed by atoms with Gasteiger partial charge in [0.15, 0.2) is 6.29 Å². The second-order valence-electron chi connectivity index (χ2n) is 3.55. The van der Waals surface area contributed by atoms with Gasteiger partial charge >= 0.3 is 5.97 Å². The van der Waals surface area contributed by atoms with E-state index in [4.69, 9.17) is 4.74 Å². The van der Waals surface area contributed by atoms with Gasteiger partial charge in [-0.3, -0.25) is 4.79 Å². The largest absolute Gasteiger partial charge is 0.462 e. The molecule has 0 fully saturated rings. The first-order valence-electron chi connectivity index (χ1n) is 5.51. The van der Waals surface area contributed by atoms with Crippen LogP contribution in [0.3, 0.4) is 0 Å². The van der Waals surface area contributed by atoms with Crippen molar-refractivity contribution in [2.24, 2.45) is 0 Å². The second kappa shape index (κ2) is 6.77. The molecule has 0 saturated heterocycles. The summed E-state index contributed by atoms with van der Waals surface area (Å²) in [5, 5.41) is 0. The smallest absolute Gasteiger partial charge is 0.338 e. The van der Waals surface area contributed by atoms with Gasteiger partial charge < -0.3 is 4.74 Å². The predicted molar refractivity (Wildman–Crippen MR) is 61.6 cm³/mol. The Bertz CT molecular complexity index is 358. The van der Waals surface area contributed by atoms with E-state index in [1.54, 1.807) is 24.3 Å². The van der Waals surface area contributed by atoms with Crippen LogP contribution in [0.4, 0.5) is 0 Å². The number of hydrogen-bond acceptors (Lipinski definition) is 3. The lowest BCUT2D eigenvalue weighted by Crippen LogP contribution is -2.09. The first-order valence-corrected chi connectivity index (χ1v) is 5.51. The normalized spacial score (nSPS) is 9.81. The molecule has 0 aromatic heterocycles. The molecular formula is C13H16O3. The predicted octanol–water partition coefficient (Wildman–Crippen LogP) is 2.85. The van der Waals surface area contributed by atoms with Crippen LogP contribution in [0.15, 0.2) is 24.3 Å². The van der Waals surface area contributed by atoms with Crippen LogP contribution >= 0.6 is 0 Å². The lowest BCUT2D eigenvalue weighted by Gasteiger charge is -2.05. The fourth-order valence-corrected chi connectivity index (χ4v) is 1.38. The van der Waals surface area contributed by atoms with Crippen molar-refractivity contribution >= 4 is 12.3 Å². The number of rotatable bonds is 6. The maximum atomic E-state index is 11.6. The Morgan fingerprint density at radius 3 is 2.75 bits per heavy atom. The number of aldehydes is 1. The molecule has 0 aliphatic rings. The average molecular weight is 220 g/mol. The first-order chi connectivity index (χ1) is 7.79. The monoisotopic (exact) mass is 220 g/mol. The highest BCUT2D eigenvalue weighted by Crippen LogP contribution is 2.08. The van der Waals surface area contributed by atoms with Gasteiger partial charge in [-0.1, -0.05) is 38.0 Å². The standard InChI is InChI=1S/C13H16O3/c1-2-3-6-9-16-13(15)12-8-5-4-7-11(12)10-14/h4-5,7-8,10H,2-3,6,9H2,1H3. The van der Waals surface area contributed by atoms with Crippen LogP contribution in [0.5, 0.6) is 0 Å². The van der Waals surface area contributed by atoms with Crippen molar-refractivity contribution < 1.29 is 14.3 Å². The lowest BCUT2D eigenvalue weighted by molar-refractivity contribution is 0.0496. The summed E-state index contributed by atoms with van der Waals surface area (Å²) in [6.07, 6.45) is 3.67. The highest BCUT2D eigenvalue weighted by Gasteiger charge is 2.10. The third kappa shape index (κ3) is 3.50. The molecule has 86 valence electrons. The Kier molecular flexibility index (Phi) is 5.26. The van der Waals surface area contributed by atoms with Gasteiger partial charge in [0.1, 0.15) is 0 Å². The van der Waals surface area contributed by atoms with E-state index >= 15 is 0 Å². The Morgan fingerprint density at radius 1 is 1.31 bits per heavy atom. The maximum absolute atomic E-state index is 11.6. The molecule has 16 heavy (non-hydrogen) atoms. The lowest BCUT2D eigenvalue weighted by atomic mass is 10.1. The summed E-state index contributed by atoms with van der Waals surface area (Å²) in [6.45, 7) is 2.50. The number of hydrogen-bond donors (Lipinski definition) is 0. The van der Waals surface area contributed by atoms with Gasteiger partial charge in [-0.05, 0) is 12.5 Å². The van der Waals surface area contributed by atoms with Gasteiger partial charge in [0.05, 0.1) is 12.2 Å². The molecule has 3 heteroatoms. The highest BCUT2D eigenvalue weighted by atomic mass is 16.5. The molecule has 0 saturated carbocycles. The Balaban J connectivity index is 2.55. The van der Waals surface area contributed by atoms with Crippen molar-refractivity contribution in [1.29, 1.82) is 0 Å². The van der Waals surface area contributed by atoms with Gasteiger partial charge in [-0.15, -0.1) is 0 Å². The molecule has 0 spiro atoms. The number of esters is 1. The van der Waals surface area contributed by atoms with Crippen molar-refractivity contribution in [3.63, 3.8) is 0 Å². The van der Waals surface area contributed by atoms with E-state index in [2.05, 4.69) is 6.92 Å². The molecule has 0 unspecified atom stereocenters. The van der Waals surface area contributed by atoms with Crippen LogP contribution in [0.1, 0.15) is 46.9 Å². The summed E-state index contributed by atoms with van der Waals surface area (Å²) in [5.74, 6) is -0.418. The summed E-state index contributed by atoms with van der Waals surface area (Å²) in [7, 11) is 0. The minimum atomic E-state index is -0.418. The first kappa shape index (κ1) is 12.4. The van der Waals surface area contributed by atoms with Crippen molar-refractivity contribution in [2.75, 3.05) is 6.61 Å². The molecule has 1 rings (SSSR count). The summed E-state index contributed by atoms with van der Waals surface area (Å²) in [6, 6.07) is 6.65. The van der Waals surface area contributed by atoms with Gasteiger partial charge in [-0.2, -0.15) is 0 Å². The number of carbonyl (C=O) groups is 2. The molecule has 0 radical (unpaired) electrons. The van der Waals surface area contributed by atoms with Gasteiger partial charge in [0, 0.05) is 5.56 Å². The molecule has 0 aliphatic heterocycles. The minimum absolute atomic E-state index is 0.342. The van der Waals surface area contributed by atoms with E-state index in [1.165, 1.54) is 0 Å². The highest BCUT2D eigenvalue weighted by molar-refractivity contribution is 5.98. The van der Waals surface area contributed by atoms with Crippen LogP contribution in [0.25, 0.3) is 0 Å². The molecule has 0 bridgehead atoms. The summed E-state index contributed by atoms with van der Waals surface area (Å²) < 4.78 is 5.07. The van der Waals surface area contributed by atoms with E-state index in [1.807, 2.05) is 0 Å². The molecular weight excluding hydrogens is 204 g/mol. The van der Waals surface area contributed by atoms with Crippen molar-refractivity contribution in [1.82, 2.24) is 0 Å². The molecule has 1 aromatic rings. The molecule has 0 amide bonds. The van der Waals surface area contributed by atoms with E-state index in [0.29, 0.717) is 24.0 Å². The fraction of sp³-hybridized carbons (Fsp3) is 0.385. The van der Waals surface area contributed by atoms with Crippen LogP contribution < -0.4 is 0 Å². The number of unbranched alkanes of at least 4 members (excludes halogenated alkanes) is 2. The minimum Gasteiger partial charge on any atom is -0.462 e. The van der Waals surface area contributed by atoms with Crippen LogP contribution in [-0.4, -0.2) is 18.9 Å². The van der Waals surface area contributed by atoms with Crippen LogP contribution in [0, 0.1) is 0 Å². The second-order valence-corrected chi connectivity index (χ2v) is 3.55. The zero-order valence-corrected chi connectivity index (χ0v) is 9.44. The number of ether oxygens (including phenoxy) is 1. The molecule has 1 aromatic carbocycles. The Morgan fingerprint density at radius 2 is 2.06 bits per heavy atom. The Hall–Kier alpha value is -1.64. The fourth-order valence-electron chi connectivity index (χ4n) is 1.38. The third-order valence-corrected chi connectivity index (χ3v) is 2.29. The zero-order chi connectivity index (χ0) is 11.8. The quantitative estimate of drug-likeness (QED) is 0.420. The molecule has 0 atom stereocenters. The third-order valence-electron chi connectivity index (χ3n) is 2.29.